The molecule has 0 radical (unpaired) electrons. The van der Waals surface area contributed by atoms with Crippen molar-refractivity contribution in [3.05, 3.63) is 24.3 Å². The summed E-state index contributed by atoms with van der Waals surface area (Å²) < 4.78 is 8.38. The van der Waals surface area contributed by atoms with Crippen LogP contribution < -0.4 is 5.32 Å². The fourth-order valence-electron chi connectivity index (χ4n) is 1.42. The number of nitrogens with zero attached hydrogens (tertiary/aromatic N) is 5. The number of ether oxygens (including phenoxy) is 1. The van der Waals surface area contributed by atoms with Crippen LogP contribution in [0.1, 0.15) is 5.69 Å². The molecule has 0 aromatic carbocycles. The molecule has 0 amide bonds. The summed E-state index contributed by atoms with van der Waals surface area (Å²) in [6.45, 7) is 2.18. The van der Waals surface area contributed by atoms with Crippen LogP contribution in [0.15, 0.2) is 18.6 Å². The van der Waals surface area contributed by atoms with E-state index in [1.807, 2.05) is 19.4 Å². The Morgan fingerprint density at radius 3 is 3.00 bits per heavy atom. The van der Waals surface area contributed by atoms with Crippen molar-refractivity contribution in [3.63, 3.8) is 0 Å². The van der Waals surface area contributed by atoms with Gasteiger partial charge in [-0.2, -0.15) is 5.10 Å². The lowest BCUT2D eigenvalue weighted by Crippen LogP contribution is -2.18. The van der Waals surface area contributed by atoms with Crippen LogP contribution in [0.5, 0.6) is 0 Å². The van der Waals surface area contributed by atoms with Crippen molar-refractivity contribution in [2.24, 2.45) is 7.05 Å². The number of aromatic nitrogens is 5. The van der Waals surface area contributed by atoms with Gasteiger partial charge in [0.15, 0.2) is 0 Å². The van der Waals surface area contributed by atoms with Crippen LogP contribution in [0.2, 0.25) is 0 Å². The smallest absolute Gasteiger partial charge is 0.104 e. The van der Waals surface area contributed by atoms with Gasteiger partial charge in [-0.1, -0.05) is 5.21 Å². The molecule has 0 spiro atoms. The predicted molar refractivity (Wildman–Crippen MR) is 61.7 cm³/mol. The summed E-state index contributed by atoms with van der Waals surface area (Å²) >= 11 is 0. The van der Waals surface area contributed by atoms with E-state index < -0.39 is 0 Å². The van der Waals surface area contributed by atoms with E-state index in [1.165, 1.54) is 0 Å². The van der Waals surface area contributed by atoms with Gasteiger partial charge in [0.25, 0.3) is 0 Å². The van der Waals surface area contributed by atoms with E-state index in [9.17, 15) is 0 Å². The summed E-state index contributed by atoms with van der Waals surface area (Å²) in [4.78, 5) is 0. The van der Waals surface area contributed by atoms with Gasteiger partial charge >= 0.3 is 0 Å². The van der Waals surface area contributed by atoms with Crippen LogP contribution >= 0.6 is 0 Å². The molecule has 2 aromatic rings. The molecule has 0 aliphatic carbocycles. The van der Waals surface area contributed by atoms with Gasteiger partial charge in [-0.25, -0.2) is 4.68 Å². The van der Waals surface area contributed by atoms with E-state index in [-0.39, 0.29) is 0 Å². The Kier molecular flexibility index (Phi) is 3.84. The summed E-state index contributed by atoms with van der Waals surface area (Å²) in [7, 11) is 3.55. The second-order valence-electron chi connectivity index (χ2n) is 3.70. The fraction of sp³-hybridized carbons (Fsp3) is 0.500. The van der Waals surface area contributed by atoms with Crippen LogP contribution in [-0.4, -0.2) is 45.0 Å². The highest BCUT2D eigenvalue weighted by atomic mass is 16.5. The summed E-state index contributed by atoms with van der Waals surface area (Å²) in [5.74, 6) is 0. The third kappa shape index (κ3) is 3.11. The normalized spacial score (nSPS) is 10.9. The number of hydrogen-bond acceptors (Lipinski definition) is 5. The Morgan fingerprint density at radius 2 is 2.29 bits per heavy atom. The van der Waals surface area contributed by atoms with Crippen molar-refractivity contribution in [3.8, 4) is 5.69 Å². The first-order valence-corrected chi connectivity index (χ1v) is 5.39. The lowest BCUT2D eigenvalue weighted by Gasteiger charge is -1.99. The van der Waals surface area contributed by atoms with Crippen molar-refractivity contribution in [1.82, 2.24) is 30.1 Å². The number of hydrogen-bond donors (Lipinski definition) is 1. The summed E-state index contributed by atoms with van der Waals surface area (Å²) in [6.07, 6.45) is 5.52. The summed E-state index contributed by atoms with van der Waals surface area (Å²) in [5, 5.41) is 15.4. The van der Waals surface area contributed by atoms with Crippen LogP contribution in [0.3, 0.4) is 0 Å². The molecule has 0 fully saturated rings. The zero-order valence-electron chi connectivity index (χ0n) is 10.00. The van der Waals surface area contributed by atoms with Gasteiger partial charge in [0.2, 0.25) is 0 Å². The molecule has 0 bridgehead atoms. The molecule has 0 aliphatic rings. The van der Waals surface area contributed by atoms with Crippen LogP contribution in [-0.2, 0) is 18.3 Å². The molecule has 0 atom stereocenters. The Balaban J connectivity index is 1.92. The molecule has 92 valence electrons. The Bertz CT molecular complexity index is 463. The van der Waals surface area contributed by atoms with Gasteiger partial charge in [-0.3, -0.25) is 4.68 Å². The van der Waals surface area contributed by atoms with E-state index in [4.69, 9.17) is 4.74 Å². The molecule has 0 aliphatic heterocycles. The average Bonchev–Trinajstić information content (AvgIpc) is 2.93. The minimum atomic E-state index is 0.684. The molecule has 2 heterocycles. The van der Waals surface area contributed by atoms with E-state index >= 15 is 0 Å². The molecule has 2 aromatic heterocycles. The first kappa shape index (κ1) is 11.7. The average molecular weight is 236 g/mol. The minimum Gasteiger partial charge on any atom is -0.383 e. The Morgan fingerprint density at radius 1 is 1.41 bits per heavy atom. The molecule has 7 heteroatoms. The van der Waals surface area contributed by atoms with Gasteiger partial charge < -0.3 is 10.1 Å². The molecule has 1 N–H and O–H groups in total. The van der Waals surface area contributed by atoms with E-state index in [0.717, 1.165) is 17.9 Å². The Hall–Kier alpha value is -1.73. The molecule has 2 rings (SSSR count). The van der Waals surface area contributed by atoms with Crippen LogP contribution in [0, 0.1) is 0 Å². The van der Waals surface area contributed by atoms with Crippen LogP contribution in [0.25, 0.3) is 5.69 Å². The zero-order chi connectivity index (χ0) is 12.1. The van der Waals surface area contributed by atoms with Crippen molar-refractivity contribution in [2.75, 3.05) is 20.3 Å². The Labute approximate surface area is 99.4 Å². The first-order chi connectivity index (χ1) is 8.29. The van der Waals surface area contributed by atoms with Crippen molar-refractivity contribution in [1.29, 1.82) is 0 Å². The molecule has 17 heavy (non-hydrogen) atoms. The lowest BCUT2D eigenvalue weighted by molar-refractivity contribution is 0.199. The largest absolute Gasteiger partial charge is 0.383 e. The van der Waals surface area contributed by atoms with Crippen molar-refractivity contribution >= 4 is 0 Å². The van der Waals surface area contributed by atoms with Gasteiger partial charge in [-0.15, -0.1) is 5.10 Å². The van der Waals surface area contributed by atoms with E-state index in [0.29, 0.717) is 13.2 Å². The minimum absolute atomic E-state index is 0.684. The maximum Gasteiger partial charge on any atom is 0.104 e. The second kappa shape index (κ2) is 5.55. The molecule has 0 unspecified atom stereocenters. The monoisotopic (exact) mass is 236 g/mol. The fourth-order valence-corrected chi connectivity index (χ4v) is 1.42. The highest BCUT2D eigenvalue weighted by molar-refractivity contribution is 5.23. The standard InChI is InChI=1S/C10H16N6O/c1-15-8-10(6-12-15)16-7-9(13-14-16)5-11-3-4-17-2/h6-8,11H,3-5H2,1-2H3. The highest BCUT2D eigenvalue weighted by Gasteiger charge is 2.03. The number of methoxy groups -OCH3 is 1. The van der Waals surface area contributed by atoms with E-state index in [1.54, 1.807) is 22.7 Å². The number of rotatable bonds is 6. The van der Waals surface area contributed by atoms with Gasteiger partial charge in [0, 0.05) is 27.2 Å². The quantitative estimate of drug-likeness (QED) is 0.700. The van der Waals surface area contributed by atoms with E-state index in [2.05, 4.69) is 20.7 Å². The third-order valence-corrected chi connectivity index (χ3v) is 2.29. The molecular weight excluding hydrogens is 220 g/mol. The van der Waals surface area contributed by atoms with Crippen molar-refractivity contribution in [2.45, 2.75) is 6.54 Å². The van der Waals surface area contributed by atoms with Crippen LogP contribution in [0.4, 0.5) is 0 Å². The highest BCUT2D eigenvalue weighted by Crippen LogP contribution is 2.04. The van der Waals surface area contributed by atoms with Gasteiger partial charge in [-0.05, 0) is 0 Å². The van der Waals surface area contributed by atoms with Gasteiger partial charge in [0.1, 0.15) is 5.69 Å². The second-order valence-corrected chi connectivity index (χ2v) is 3.70. The molecule has 0 saturated carbocycles. The molecule has 7 nitrogen and oxygen atoms in total. The van der Waals surface area contributed by atoms with Gasteiger partial charge in [0.05, 0.1) is 30.9 Å². The SMILES string of the molecule is COCCNCc1cn(-c2cnn(C)c2)nn1. The number of aryl methyl sites for hydroxylation is 1. The zero-order valence-corrected chi connectivity index (χ0v) is 10.00. The maximum atomic E-state index is 4.94. The topological polar surface area (TPSA) is 69.8 Å². The van der Waals surface area contributed by atoms with Crippen molar-refractivity contribution < 1.29 is 4.74 Å². The third-order valence-electron chi connectivity index (χ3n) is 2.29. The maximum absolute atomic E-state index is 4.94. The molecule has 0 saturated heterocycles. The summed E-state index contributed by atoms with van der Waals surface area (Å²) in [6, 6.07) is 0. The predicted octanol–water partition coefficient (Wildman–Crippen LogP) is -0.263. The summed E-state index contributed by atoms with van der Waals surface area (Å²) in [5.41, 5.74) is 1.80. The first-order valence-electron chi connectivity index (χ1n) is 5.39. The lowest BCUT2D eigenvalue weighted by atomic mass is 10.4. The molecular formula is C10H16N6O. The number of nitrogens with one attached hydrogen (secondary N) is 1.